The molecule has 1 heterocycles. The Bertz CT molecular complexity index is 309. The van der Waals surface area contributed by atoms with Crippen LogP contribution in [-0.4, -0.2) is 63.1 Å². The summed E-state index contributed by atoms with van der Waals surface area (Å²) < 4.78 is 25.7. The van der Waals surface area contributed by atoms with E-state index in [1.807, 2.05) is 0 Å². The van der Waals surface area contributed by atoms with Crippen LogP contribution < -0.4 is 5.73 Å². The zero-order chi connectivity index (χ0) is 12.9. The molecular formula is C11H25N3O2S. The van der Waals surface area contributed by atoms with Gasteiger partial charge in [-0.05, 0) is 46.3 Å². The van der Waals surface area contributed by atoms with E-state index in [1.54, 1.807) is 4.31 Å². The average molecular weight is 263 g/mol. The monoisotopic (exact) mass is 263 g/mol. The zero-order valence-electron chi connectivity index (χ0n) is 10.9. The molecule has 2 N–H and O–H groups in total. The highest BCUT2D eigenvalue weighted by Crippen LogP contribution is 2.17. The Morgan fingerprint density at radius 1 is 1.24 bits per heavy atom. The molecule has 1 saturated heterocycles. The second kappa shape index (κ2) is 6.68. The second-order valence-corrected chi connectivity index (χ2v) is 6.99. The van der Waals surface area contributed by atoms with Gasteiger partial charge in [0.1, 0.15) is 0 Å². The normalized spacial score (nSPS) is 20.0. The van der Waals surface area contributed by atoms with E-state index in [2.05, 4.69) is 19.0 Å². The fourth-order valence-electron chi connectivity index (χ4n) is 2.19. The molecule has 0 amide bonds. The van der Waals surface area contributed by atoms with Gasteiger partial charge in [0.2, 0.25) is 10.0 Å². The molecule has 102 valence electrons. The van der Waals surface area contributed by atoms with E-state index < -0.39 is 10.0 Å². The predicted octanol–water partition coefficient (Wildman–Crippen LogP) is 0.0811. The van der Waals surface area contributed by atoms with Crippen molar-refractivity contribution < 1.29 is 8.42 Å². The van der Waals surface area contributed by atoms with Crippen molar-refractivity contribution in [2.45, 2.75) is 31.7 Å². The molecule has 0 atom stereocenters. The van der Waals surface area contributed by atoms with Gasteiger partial charge in [0.15, 0.2) is 0 Å². The SMILES string of the molecule is CN(C)C1CCN(S(=O)(=O)CCCCN)CC1. The molecule has 0 saturated carbocycles. The van der Waals surface area contributed by atoms with E-state index in [-0.39, 0.29) is 5.75 Å². The highest BCUT2D eigenvalue weighted by Gasteiger charge is 2.28. The fraction of sp³-hybridized carbons (Fsp3) is 1.00. The van der Waals surface area contributed by atoms with Crippen LogP contribution in [0.5, 0.6) is 0 Å². The maximum absolute atomic E-state index is 12.0. The van der Waals surface area contributed by atoms with E-state index >= 15 is 0 Å². The number of unbranched alkanes of at least 4 members (excludes halogenated alkanes) is 1. The average Bonchev–Trinajstić information content (AvgIpc) is 2.29. The second-order valence-electron chi connectivity index (χ2n) is 4.91. The molecule has 1 rings (SSSR count). The van der Waals surface area contributed by atoms with E-state index in [1.165, 1.54) is 0 Å². The molecule has 6 heteroatoms. The van der Waals surface area contributed by atoms with Crippen LogP contribution in [0.3, 0.4) is 0 Å². The summed E-state index contributed by atoms with van der Waals surface area (Å²) in [6, 6.07) is 0.519. The van der Waals surface area contributed by atoms with Gasteiger partial charge in [0.25, 0.3) is 0 Å². The van der Waals surface area contributed by atoms with E-state index in [0.29, 0.717) is 32.1 Å². The highest BCUT2D eigenvalue weighted by atomic mass is 32.2. The molecule has 1 aliphatic rings. The van der Waals surface area contributed by atoms with Crippen LogP contribution in [-0.2, 0) is 10.0 Å². The summed E-state index contributed by atoms with van der Waals surface area (Å²) in [5, 5.41) is 0. The van der Waals surface area contributed by atoms with Gasteiger partial charge in [-0.25, -0.2) is 12.7 Å². The van der Waals surface area contributed by atoms with Crippen LogP contribution >= 0.6 is 0 Å². The lowest BCUT2D eigenvalue weighted by atomic mass is 10.1. The molecular weight excluding hydrogens is 238 g/mol. The van der Waals surface area contributed by atoms with Crippen LogP contribution in [0.25, 0.3) is 0 Å². The highest BCUT2D eigenvalue weighted by molar-refractivity contribution is 7.89. The van der Waals surface area contributed by atoms with Crippen LogP contribution in [0, 0.1) is 0 Å². The summed E-state index contributed by atoms with van der Waals surface area (Å²) in [6.45, 7) is 1.89. The van der Waals surface area contributed by atoms with Gasteiger partial charge < -0.3 is 10.6 Å². The molecule has 1 fully saturated rings. The molecule has 0 aromatic rings. The number of nitrogens with two attached hydrogens (primary N) is 1. The minimum Gasteiger partial charge on any atom is -0.330 e. The number of hydrogen-bond acceptors (Lipinski definition) is 4. The fourth-order valence-corrected chi connectivity index (χ4v) is 3.79. The third-order valence-electron chi connectivity index (χ3n) is 3.40. The Labute approximate surface area is 105 Å². The topological polar surface area (TPSA) is 66.6 Å². The smallest absolute Gasteiger partial charge is 0.214 e. The lowest BCUT2D eigenvalue weighted by Gasteiger charge is -2.34. The van der Waals surface area contributed by atoms with Crippen LogP contribution in [0.2, 0.25) is 0 Å². The molecule has 0 radical (unpaired) electrons. The minimum atomic E-state index is -3.05. The van der Waals surface area contributed by atoms with Gasteiger partial charge >= 0.3 is 0 Å². The Morgan fingerprint density at radius 3 is 2.29 bits per heavy atom. The van der Waals surface area contributed by atoms with Gasteiger partial charge in [0.05, 0.1) is 5.75 Å². The lowest BCUT2D eigenvalue weighted by Crippen LogP contribution is -2.45. The first kappa shape index (κ1) is 14.9. The third kappa shape index (κ3) is 4.54. The minimum absolute atomic E-state index is 0.247. The Hall–Kier alpha value is -0.170. The number of sulfonamides is 1. The molecule has 0 spiro atoms. The lowest BCUT2D eigenvalue weighted by molar-refractivity contribution is 0.196. The predicted molar refractivity (Wildman–Crippen MR) is 70.4 cm³/mol. The summed E-state index contributed by atoms with van der Waals surface area (Å²) in [6.07, 6.45) is 3.33. The van der Waals surface area contributed by atoms with E-state index in [4.69, 9.17) is 5.73 Å². The quantitative estimate of drug-likeness (QED) is 0.689. The first-order chi connectivity index (χ1) is 7.97. The molecule has 0 bridgehead atoms. The van der Waals surface area contributed by atoms with Gasteiger partial charge in [-0.2, -0.15) is 0 Å². The largest absolute Gasteiger partial charge is 0.330 e. The van der Waals surface area contributed by atoms with Crippen molar-refractivity contribution in [2.24, 2.45) is 5.73 Å². The van der Waals surface area contributed by atoms with Crippen molar-refractivity contribution in [3.05, 3.63) is 0 Å². The summed E-state index contributed by atoms with van der Waals surface area (Å²) in [7, 11) is 1.06. The van der Waals surface area contributed by atoms with Crippen LogP contribution in [0.15, 0.2) is 0 Å². The van der Waals surface area contributed by atoms with E-state index in [0.717, 1.165) is 19.3 Å². The van der Waals surface area contributed by atoms with Crippen LogP contribution in [0.4, 0.5) is 0 Å². The first-order valence-corrected chi connectivity index (χ1v) is 7.92. The summed E-state index contributed by atoms with van der Waals surface area (Å²) >= 11 is 0. The summed E-state index contributed by atoms with van der Waals surface area (Å²) in [4.78, 5) is 2.18. The van der Waals surface area contributed by atoms with E-state index in [9.17, 15) is 8.42 Å². The van der Waals surface area contributed by atoms with Crippen molar-refractivity contribution in [3.63, 3.8) is 0 Å². The summed E-state index contributed by atoms with van der Waals surface area (Å²) in [5.74, 6) is 0.247. The zero-order valence-corrected chi connectivity index (χ0v) is 11.7. The number of piperidine rings is 1. The summed E-state index contributed by atoms with van der Waals surface area (Å²) in [5.41, 5.74) is 5.37. The molecule has 5 nitrogen and oxygen atoms in total. The number of hydrogen-bond donors (Lipinski definition) is 1. The molecule has 0 aromatic carbocycles. The molecule has 17 heavy (non-hydrogen) atoms. The number of rotatable bonds is 6. The first-order valence-electron chi connectivity index (χ1n) is 6.31. The van der Waals surface area contributed by atoms with Crippen molar-refractivity contribution in [1.82, 2.24) is 9.21 Å². The number of nitrogens with zero attached hydrogens (tertiary/aromatic N) is 2. The van der Waals surface area contributed by atoms with Crippen LogP contribution in [0.1, 0.15) is 25.7 Å². The van der Waals surface area contributed by atoms with Gasteiger partial charge in [-0.3, -0.25) is 0 Å². The maximum atomic E-state index is 12.0. The Balaban J connectivity index is 2.41. The molecule has 1 aliphatic heterocycles. The van der Waals surface area contributed by atoms with Crippen molar-refractivity contribution in [1.29, 1.82) is 0 Å². The molecule has 0 aromatic heterocycles. The van der Waals surface area contributed by atoms with Gasteiger partial charge in [-0.1, -0.05) is 0 Å². The Kier molecular flexibility index (Phi) is 5.85. The van der Waals surface area contributed by atoms with Gasteiger partial charge in [0, 0.05) is 19.1 Å². The van der Waals surface area contributed by atoms with Crippen molar-refractivity contribution in [2.75, 3.05) is 39.5 Å². The standard InChI is InChI=1S/C11H25N3O2S/c1-13(2)11-5-8-14(9-6-11)17(15,16)10-4-3-7-12/h11H,3-10,12H2,1-2H3. The third-order valence-corrected chi connectivity index (χ3v) is 5.36. The maximum Gasteiger partial charge on any atom is 0.214 e. The van der Waals surface area contributed by atoms with Crippen molar-refractivity contribution >= 4 is 10.0 Å². The van der Waals surface area contributed by atoms with Crippen molar-refractivity contribution in [3.8, 4) is 0 Å². The molecule has 0 unspecified atom stereocenters. The van der Waals surface area contributed by atoms with Gasteiger partial charge in [-0.15, -0.1) is 0 Å². The molecule has 0 aliphatic carbocycles. The Morgan fingerprint density at radius 2 is 1.82 bits per heavy atom.